The molecule has 0 aliphatic carbocycles. The van der Waals surface area contributed by atoms with Crippen molar-refractivity contribution in [2.24, 2.45) is 0 Å². The maximum absolute atomic E-state index is 13.8. The van der Waals surface area contributed by atoms with Gasteiger partial charge in [-0.3, -0.25) is 4.90 Å². The first-order valence-electron chi connectivity index (χ1n) is 6.07. The highest BCUT2D eigenvalue weighted by molar-refractivity contribution is 5.65. The van der Waals surface area contributed by atoms with Gasteiger partial charge >= 0.3 is 6.09 Å². The van der Waals surface area contributed by atoms with Crippen molar-refractivity contribution in [3.63, 3.8) is 0 Å². The number of alkyl halides is 1. The maximum atomic E-state index is 13.8. The van der Waals surface area contributed by atoms with E-state index in [0.717, 1.165) is 5.56 Å². The van der Waals surface area contributed by atoms with E-state index in [1.165, 1.54) is 4.90 Å². The van der Waals surface area contributed by atoms with Crippen LogP contribution in [-0.2, 0) is 6.54 Å². The molecule has 2 atom stereocenters. The number of hydrogen-bond donors (Lipinski definition) is 2. The molecule has 0 aromatic heterocycles. The van der Waals surface area contributed by atoms with Crippen molar-refractivity contribution in [3.05, 3.63) is 35.9 Å². The standard InChI is InChI=1S/C13H17FN2O2/c14-11-8-15-7-6-12(11)16(13(17)18)9-10-4-2-1-3-5-10/h1-5,11-12,15H,6-9H2,(H,17,18)/t11-,12-/m0/s1. The van der Waals surface area contributed by atoms with Crippen molar-refractivity contribution in [1.82, 2.24) is 10.2 Å². The number of nitrogens with one attached hydrogen (secondary N) is 1. The minimum absolute atomic E-state index is 0.225. The molecule has 1 aromatic carbocycles. The first-order chi connectivity index (χ1) is 8.68. The van der Waals surface area contributed by atoms with Gasteiger partial charge in [0.2, 0.25) is 0 Å². The van der Waals surface area contributed by atoms with Crippen LogP contribution in [0.2, 0.25) is 0 Å². The van der Waals surface area contributed by atoms with E-state index < -0.39 is 18.3 Å². The van der Waals surface area contributed by atoms with Crippen LogP contribution in [0.1, 0.15) is 12.0 Å². The van der Waals surface area contributed by atoms with Crippen molar-refractivity contribution in [2.75, 3.05) is 13.1 Å². The van der Waals surface area contributed by atoms with Gasteiger partial charge in [0, 0.05) is 13.1 Å². The molecule has 1 amide bonds. The molecular weight excluding hydrogens is 235 g/mol. The zero-order valence-corrected chi connectivity index (χ0v) is 10.1. The van der Waals surface area contributed by atoms with Gasteiger partial charge in [0.1, 0.15) is 6.17 Å². The molecule has 0 bridgehead atoms. The zero-order chi connectivity index (χ0) is 13.0. The Hall–Kier alpha value is -1.62. The summed E-state index contributed by atoms with van der Waals surface area (Å²) in [5, 5.41) is 12.2. The third-order valence-corrected chi connectivity index (χ3v) is 3.22. The molecule has 5 heteroatoms. The van der Waals surface area contributed by atoms with Gasteiger partial charge in [0.15, 0.2) is 0 Å². The number of carbonyl (C=O) groups is 1. The van der Waals surface area contributed by atoms with E-state index in [9.17, 15) is 14.3 Å². The first kappa shape index (κ1) is 12.8. The molecular formula is C13H17FN2O2. The van der Waals surface area contributed by atoms with Gasteiger partial charge in [-0.15, -0.1) is 0 Å². The van der Waals surface area contributed by atoms with Crippen LogP contribution in [0.15, 0.2) is 30.3 Å². The predicted molar refractivity (Wildman–Crippen MR) is 66.2 cm³/mol. The van der Waals surface area contributed by atoms with E-state index in [1.54, 1.807) is 0 Å². The van der Waals surface area contributed by atoms with Crippen molar-refractivity contribution < 1.29 is 14.3 Å². The molecule has 1 aliphatic rings. The van der Waals surface area contributed by atoms with Gasteiger partial charge in [-0.1, -0.05) is 30.3 Å². The Morgan fingerprint density at radius 1 is 1.44 bits per heavy atom. The Balaban J connectivity index is 2.10. The molecule has 2 N–H and O–H groups in total. The molecule has 4 nitrogen and oxygen atoms in total. The van der Waals surface area contributed by atoms with Gasteiger partial charge in [0.25, 0.3) is 0 Å². The smallest absolute Gasteiger partial charge is 0.407 e. The van der Waals surface area contributed by atoms with Gasteiger partial charge in [-0.2, -0.15) is 0 Å². The predicted octanol–water partition coefficient (Wildman–Crippen LogP) is 1.87. The molecule has 0 saturated carbocycles. The number of nitrogens with zero attached hydrogens (tertiary/aromatic N) is 1. The fraction of sp³-hybridized carbons (Fsp3) is 0.462. The summed E-state index contributed by atoms with van der Waals surface area (Å²) >= 11 is 0. The normalized spacial score (nSPS) is 23.6. The minimum Gasteiger partial charge on any atom is -0.465 e. The van der Waals surface area contributed by atoms with Crippen LogP contribution in [0.4, 0.5) is 9.18 Å². The topological polar surface area (TPSA) is 52.6 Å². The minimum atomic E-state index is -1.14. The maximum Gasteiger partial charge on any atom is 0.407 e. The quantitative estimate of drug-likeness (QED) is 0.863. The van der Waals surface area contributed by atoms with Crippen LogP contribution in [-0.4, -0.2) is 41.4 Å². The van der Waals surface area contributed by atoms with E-state index in [1.807, 2.05) is 30.3 Å². The third-order valence-electron chi connectivity index (χ3n) is 3.22. The molecule has 1 aliphatic heterocycles. The number of hydrogen-bond acceptors (Lipinski definition) is 2. The molecule has 0 spiro atoms. The van der Waals surface area contributed by atoms with Gasteiger partial charge in [-0.25, -0.2) is 9.18 Å². The number of amides is 1. The van der Waals surface area contributed by atoms with Crippen LogP contribution in [0.25, 0.3) is 0 Å². The lowest BCUT2D eigenvalue weighted by atomic mass is 10.0. The third kappa shape index (κ3) is 2.98. The lowest BCUT2D eigenvalue weighted by Crippen LogP contribution is -2.52. The second-order valence-corrected chi connectivity index (χ2v) is 4.47. The Kier molecular flexibility index (Phi) is 4.15. The lowest BCUT2D eigenvalue weighted by molar-refractivity contribution is 0.0699. The van der Waals surface area contributed by atoms with Crippen LogP contribution in [0.3, 0.4) is 0 Å². The number of halogens is 1. The van der Waals surface area contributed by atoms with Gasteiger partial charge in [0.05, 0.1) is 6.04 Å². The molecule has 98 valence electrons. The number of benzene rings is 1. The molecule has 1 saturated heterocycles. The van der Waals surface area contributed by atoms with E-state index in [4.69, 9.17) is 0 Å². The summed E-state index contributed by atoms with van der Waals surface area (Å²) in [5.41, 5.74) is 0.880. The Morgan fingerprint density at radius 3 is 2.78 bits per heavy atom. The van der Waals surface area contributed by atoms with Gasteiger partial charge in [-0.05, 0) is 18.5 Å². The Labute approximate surface area is 105 Å². The molecule has 0 unspecified atom stereocenters. The first-order valence-corrected chi connectivity index (χ1v) is 6.07. The van der Waals surface area contributed by atoms with Crippen molar-refractivity contribution >= 4 is 6.09 Å². The molecule has 18 heavy (non-hydrogen) atoms. The summed E-state index contributed by atoms with van der Waals surface area (Å²) in [6.45, 7) is 1.12. The van der Waals surface area contributed by atoms with E-state index in [-0.39, 0.29) is 13.1 Å². The largest absolute Gasteiger partial charge is 0.465 e. The summed E-state index contributed by atoms with van der Waals surface area (Å²) in [7, 11) is 0. The molecule has 1 heterocycles. The second-order valence-electron chi connectivity index (χ2n) is 4.47. The number of rotatable bonds is 3. The van der Waals surface area contributed by atoms with E-state index in [2.05, 4.69) is 5.32 Å². The molecule has 0 radical (unpaired) electrons. The van der Waals surface area contributed by atoms with E-state index >= 15 is 0 Å². The fourth-order valence-electron chi connectivity index (χ4n) is 2.26. The zero-order valence-electron chi connectivity index (χ0n) is 10.1. The summed E-state index contributed by atoms with van der Waals surface area (Å²) < 4.78 is 13.8. The van der Waals surface area contributed by atoms with Crippen LogP contribution in [0.5, 0.6) is 0 Å². The van der Waals surface area contributed by atoms with Crippen LogP contribution in [0, 0.1) is 0 Å². The average Bonchev–Trinajstić information content (AvgIpc) is 2.38. The van der Waals surface area contributed by atoms with Crippen LogP contribution < -0.4 is 5.32 Å². The van der Waals surface area contributed by atoms with Crippen molar-refractivity contribution in [2.45, 2.75) is 25.2 Å². The lowest BCUT2D eigenvalue weighted by Gasteiger charge is -2.35. The average molecular weight is 252 g/mol. The number of carboxylic acid groups (broad SMARTS) is 1. The SMILES string of the molecule is O=C(O)N(Cc1ccccc1)[C@H]1CCNC[C@@H]1F. The number of piperidine rings is 1. The highest BCUT2D eigenvalue weighted by Gasteiger charge is 2.32. The highest BCUT2D eigenvalue weighted by Crippen LogP contribution is 2.18. The fourth-order valence-corrected chi connectivity index (χ4v) is 2.26. The Morgan fingerprint density at radius 2 is 2.17 bits per heavy atom. The molecule has 1 fully saturated rings. The van der Waals surface area contributed by atoms with Crippen LogP contribution >= 0.6 is 0 Å². The Bertz CT molecular complexity index is 399. The van der Waals surface area contributed by atoms with Crippen molar-refractivity contribution in [3.8, 4) is 0 Å². The summed E-state index contributed by atoms with van der Waals surface area (Å²) in [6, 6.07) is 8.73. The monoisotopic (exact) mass is 252 g/mol. The van der Waals surface area contributed by atoms with Gasteiger partial charge < -0.3 is 10.4 Å². The molecule has 1 aromatic rings. The highest BCUT2D eigenvalue weighted by atomic mass is 19.1. The summed E-state index contributed by atoms with van der Waals surface area (Å²) in [5.74, 6) is 0. The molecule has 2 rings (SSSR count). The summed E-state index contributed by atoms with van der Waals surface area (Å²) in [4.78, 5) is 12.5. The summed E-state index contributed by atoms with van der Waals surface area (Å²) in [6.07, 6.45) is -1.69. The van der Waals surface area contributed by atoms with Crippen molar-refractivity contribution in [1.29, 1.82) is 0 Å². The van der Waals surface area contributed by atoms with E-state index in [0.29, 0.717) is 13.0 Å². The second kappa shape index (κ2) is 5.82.